The fraction of sp³-hybridized carbons (Fsp3) is 0.516. The molecule has 0 radical (unpaired) electrons. The average molecular weight is 569 g/mol. The van der Waals surface area contributed by atoms with Crippen LogP contribution in [0.25, 0.3) is 0 Å². The number of hydrogen-bond donors (Lipinski definition) is 0. The third-order valence-electron chi connectivity index (χ3n) is 7.91. The van der Waals surface area contributed by atoms with Gasteiger partial charge in [0.1, 0.15) is 12.2 Å². The monoisotopic (exact) mass is 568 g/mol. The summed E-state index contributed by atoms with van der Waals surface area (Å²) in [5.41, 5.74) is -1.27. The number of rotatable bonds is 7. The average Bonchev–Trinajstić information content (AvgIpc) is 3.36. The van der Waals surface area contributed by atoms with E-state index >= 15 is 0 Å². The van der Waals surface area contributed by atoms with Crippen molar-refractivity contribution in [2.75, 3.05) is 13.7 Å². The molecule has 0 aliphatic carbocycles. The minimum atomic E-state index is -2.92. The van der Waals surface area contributed by atoms with Crippen LogP contribution in [-0.2, 0) is 37.6 Å². The highest BCUT2D eigenvalue weighted by Gasteiger charge is 2.70. The molecule has 0 N–H and O–H groups in total. The van der Waals surface area contributed by atoms with Crippen LogP contribution in [0, 0.1) is 0 Å². The quantitative estimate of drug-likeness (QED) is 0.284. The fourth-order valence-electron chi connectivity index (χ4n) is 6.29. The molecule has 0 aromatic heterocycles. The Morgan fingerprint density at radius 2 is 1.52 bits per heavy atom. The first-order valence-electron chi connectivity index (χ1n) is 13.8. The Labute approximate surface area is 237 Å². The van der Waals surface area contributed by atoms with Gasteiger partial charge in [0.05, 0.1) is 6.61 Å². The molecule has 9 heteroatoms. The van der Waals surface area contributed by atoms with Gasteiger partial charge in [0.2, 0.25) is 0 Å². The molecular formula is C31H40O8Si. The standard InChI is InChI=1S/C31H40O8Si/c1-21(32)35-24-18-19-26(33-7)37-31(24)25(36-28-27(31)38-30(5,6)39-28)20-34-40(29(2,3)4,22-14-10-8-11-15-22)23-16-12-9-13-17-23/h8-19,24-28H,20H2,1-7H3/t24-,25+,26+,27+,28-,31-/m0/s1. The Balaban J connectivity index is 1.60. The van der Waals surface area contributed by atoms with E-state index in [1.807, 2.05) is 50.2 Å². The second-order valence-electron chi connectivity index (χ2n) is 12.0. The lowest BCUT2D eigenvalue weighted by Gasteiger charge is -2.47. The number of fused-ring (bicyclic) bond motifs is 2. The van der Waals surface area contributed by atoms with E-state index in [1.165, 1.54) is 6.92 Å². The van der Waals surface area contributed by atoms with Crippen molar-refractivity contribution in [2.24, 2.45) is 0 Å². The van der Waals surface area contributed by atoms with Gasteiger partial charge in [0.25, 0.3) is 8.32 Å². The van der Waals surface area contributed by atoms with Crippen molar-refractivity contribution in [1.29, 1.82) is 0 Å². The summed E-state index contributed by atoms with van der Waals surface area (Å²) in [5.74, 6) is -1.36. The third kappa shape index (κ3) is 4.98. The van der Waals surface area contributed by atoms with Crippen LogP contribution in [0.1, 0.15) is 41.5 Å². The van der Waals surface area contributed by atoms with Crippen molar-refractivity contribution in [1.82, 2.24) is 0 Å². The molecule has 2 aromatic rings. The zero-order valence-electron chi connectivity index (χ0n) is 24.3. The zero-order valence-corrected chi connectivity index (χ0v) is 25.3. The van der Waals surface area contributed by atoms with Gasteiger partial charge in [0, 0.05) is 14.0 Å². The third-order valence-corrected chi connectivity index (χ3v) is 12.9. The topological polar surface area (TPSA) is 81.7 Å². The summed E-state index contributed by atoms with van der Waals surface area (Å²) in [7, 11) is -1.35. The molecule has 2 saturated heterocycles. The lowest BCUT2D eigenvalue weighted by molar-refractivity contribution is -0.287. The summed E-state index contributed by atoms with van der Waals surface area (Å²) < 4.78 is 44.3. The SMILES string of the molecule is CO[C@H]1C=C[C@H](OC(C)=O)[C@@]2(O1)[C@@H]1OC(C)(C)O[C@@H]1O[C@@H]2CO[Si](c1ccccc1)(c1ccccc1)C(C)(C)C. The first kappa shape index (κ1) is 29.1. The summed E-state index contributed by atoms with van der Waals surface area (Å²) in [4.78, 5) is 12.3. The van der Waals surface area contributed by atoms with Gasteiger partial charge in [-0.1, -0.05) is 81.4 Å². The van der Waals surface area contributed by atoms with E-state index in [9.17, 15) is 4.79 Å². The van der Waals surface area contributed by atoms with E-state index < -0.39 is 56.6 Å². The van der Waals surface area contributed by atoms with Crippen molar-refractivity contribution >= 4 is 24.7 Å². The normalized spacial score (nSPS) is 31.3. The molecule has 3 aliphatic rings. The maximum absolute atomic E-state index is 12.3. The number of esters is 1. The number of methoxy groups -OCH3 is 1. The van der Waals surface area contributed by atoms with E-state index in [4.69, 9.17) is 32.8 Å². The second kappa shape index (κ2) is 10.8. The van der Waals surface area contributed by atoms with E-state index in [0.29, 0.717) is 0 Å². The van der Waals surface area contributed by atoms with Crippen LogP contribution >= 0.6 is 0 Å². The van der Waals surface area contributed by atoms with Crippen molar-refractivity contribution in [3.05, 3.63) is 72.8 Å². The summed E-state index contributed by atoms with van der Waals surface area (Å²) >= 11 is 0. The Hall–Kier alpha value is -2.37. The van der Waals surface area contributed by atoms with Gasteiger partial charge in [-0.3, -0.25) is 4.79 Å². The van der Waals surface area contributed by atoms with E-state index in [1.54, 1.807) is 19.3 Å². The molecule has 0 unspecified atom stereocenters. The Morgan fingerprint density at radius 1 is 0.925 bits per heavy atom. The molecule has 2 fully saturated rings. The molecular weight excluding hydrogens is 528 g/mol. The van der Waals surface area contributed by atoms with Crippen LogP contribution in [0.4, 0.5) is 0 Å². The van der Waals surface area contributed by atoms with Gasteiger partial charge in [0.15, 0.2) is 30.1 Å². The highest BCUT2D eigenvalue weighted by atomic mass is 28.4. The van der Waals surface area contributed by atoms with Gasteiger partial charge in [-0.05, 0) is 41.4 Å². The molecule has 40 heavy (non-hydrogen) atoms. The molecule has 216 valence electrons. The predicted octanol–water partition coefficient (Wildman–Crippen LogP) is 3.67. The van der Waals surface area contributed by atoms with Crippen molar-refractivity contribution in [2.45, 2.75) is 88.9 Å². The summed E-state index contributed by atoms with van der Waals surface area (Å²) in [5, 5.41) is 2.04. The molecule has 3 aliphatic heterocycles. The van der Waals surface area contributed by atoms with Crippen LogP contribution in [0.3, 0.4) is 0 Å². The van der Waals surface area contributed by atoms with Crippen LogP contribution in [0.5, 0.6) is 0 Å². The van der Waals surface area contributed by atoms with Crippen LogP contribution < -0.4 is 10.4 Å². The Bertz CT molecular complexity index is 1170. The number of benzene rings is 2. The van der Waals surface area contributed by atoms with Gasteiger partial charge >= 0.3 is 5.97 Å². The minimum Gasteiger partial charge on any atom is -0.455 e. The maximum atomic E-state index is 12.3. The largest absolute Gasteiger partial charge is 0.455 e. The first-order valence-corrected chi connectivity index (χ1v) is 15.7. The molecule has 5 rings (SSSR count). The van der Waals surface area contributed by atoms with Crippen LogP contribution in [0.2, 0.25) is 5.04 Å². The van der Waals surface area contributed by atoms with Crippen molar-refractivity contribution < 1.29 is 37.6 Å². The number of carbonyl (C=O) groups excluding carboxylic acids is 1. The maximum Gasteiger partial charge on any atom is 0.303 e. The first-order chi connectivity index (χ1) is 18.9. The Kier molecular flexibility index (Phi) is 7.86. The number of carbonyl (C=O) groups is 1. The molecule has 6 atom stereocenters. The Morgan fingerprint density at radius 3 is 2.05 bits per heavy atom. The minimum absolute atomic E-state index is 0.148. The molecule has 8 nitrogen and oxygen atoms in total. The highest BCUT2D eigenvalue weighted by molar-refractivity contribution is 6.99. The summed E-state index contributed by atoms with van der Waals surface area (Å²) in [6.45, 7) is 11.8. The summed E-state index contributed by atoms with van der Waals surface area (Å²) in [6, 6.07) is 20.8. The van der Waals surface area contributed by atoms with E-state index in [2.05, 4.69) is 45.0 Å². The molecule has 3 heterocycles. The molecule has 0 bridgehead atoms. The second-order valence-corrected chi connectivity index (χ2v) is 16.3. The van der Waals surface area contributed by atoms with Crippen LogP contribution in [0.15, 0.2) is 72.8 Å². The highest BCUT2D eigenvalue weighted by Crippen LogP contribution is 2.50. The van der Waals surface area contributed by atoms with Crippen molar-refractivity contribution in [3.8, 4) is 0 Å². The fourth-order valence-corrected chi connectivity index (χ4v) is 10.8. The molecule has 1 spiro atoms. The zero-order chi connectivity index (χ0) is 28.8. The molecule has 0 saturated carbocycles. The van der Waals surface area contributed by atoms with Gasteiger partial charge in [-0.2, -0.15) is 0 Å². The predicted molar refractivity (Wildman–Crippen MR) is 152 cm³/mol. The number of hydrogen-bond acceptors (Lipinski definition) is 8. The molecule has 2 aromatic carbocycles. The van der Waals surface area contributed by atoms with Crippen molar-refractivity contribution in [3.63, 3.8) is 0 Å². The number of ether oxygens (including phenoxy) is 6. The van der Waals surface area contributed by atoms with E-state index in [-0.39, 0.29) is 11.6 Å². The smallest absolute Gasteiger partial charge is 0.303 e. The lowest BCUT2D eigenvalue weighted by atomic mass is 9.84. The van der Waals surface area contributed by atoms with E-state index in [0.717, 1.165) is 10.4 Å². The van der Waals surface area contributed by atoms with Gasteiger partial charge in [-0.15, -0.1) is 0 Å². The molecule has 0 amide bonds. The van der Waals surface area contributed by atoms with Gasteiger partial charge < -0.3 is 32.8 Å². The lowest BCUT2D eigenvalue weighted by Crippen LogP contribution is -2.69. The van der Waals surface area contributed by atoms with Gasteiger partial charge in [-0.25, -0.2) is 0 Å². The van der Waals surface area contributed by atoms with Crippen LogP contribution in [-0.4, -0.2) is 70.3 Å². The summed E-state index contributed by atoms with van der Waals surface area (Å²) in [6.07, 6.45) is -0.129.